The zero-order valence-electron chi connectivity index (χ0n) is 9.02. The van der Waals surface area contributed by atoms with Gasteiger partial charge in [0, 0.05) is 10.0 Å². The van der Waals surface area contributed by atoms with Crippen LogP contribution in [0.3, 0.4) is 0 Å². The van der Waals surface area contributed by atoms with Crippen LogP contribution in [0.5, 0.6) is 0 Å². The van der Waals surface area contributed by atoms with Crippen LogP contribution >= 0.6 is 27.5 Å². The molecule has 1 heterocycles. The van der Waals surface area contributed by atoms with E-state index in [1.165, 1.54) is 6.20 Å². The Morgan fingerprint density at radius 1 is 1.44 bits per heavy atom. The molecule has 2 rings (SSSR count). The molecule has 0 amide bonds. The molecule has 7 heteroatoms. The molecular formula is C11H8BrClN4O. The molecule has 0 aliphatic rings. The lowest BCUT2D eigenvalue weighted by Gasteiger charge is -2.01. The number of aromatic nitrogens is 2. The third-order valence-electron chi connectivity index (χ3n) is 2.09. The van der Waals surface area contributed by atoms with Crippen molar-refractivity contribution >= 4 is 39.4 Å². The lowest BCUT2D eigenvalue weighted by molar-refractivity contribution is 0.987. The fraction of sp³-hybridized carbons (Fsp3) is 0. The first-order chi connectivity index (χ1) is 8.68. The summed E-state index contributed by atoms with van der Waals surface area (Å²) < 4.78 is 0.922. The molecule has 0 aliphatic heterocycles. The highest BCUT2D eigenvalue weighted by molar-refractivity contribution is 9.10. The summed E-state index contributed by atoms with van der Waals surface area (Å²) in [5, 5.41) is 9.86. The molecule has 0 bridgehead atoms. The largest absolute Gasteiger partial charge is 0.285 e. The van der Waals surface area contributed by atoms with Crippen LogP contribution in [0.15, 0.2) is 44.8 Å². The maximum absolute atomic E-state index is 11.2. The molecule has 92 valence electrons. The summed E-state index contributed by atoms with van der Waals surface area (Å²) >= 11 is 9.17. The normalized spacial score (nSPS) is 10.8. The van der Waals surface area contributed by atoms with Gasteiger partial charge in [-0.1, -0.05) is 45.7 Å². The minimum Gasteiger partial charge on any atom is -0.275 e. The third kappa shape index (κ3) is 2.96. The number of aromatic amines is 1. The fourth-order valence-electron chi connectivity index (χ4n) is 1.21. The molecule has 1 aromatic heterocycles. The molecule has 2 aromatic rings. The average Bonchev–Trinajstić information content (AvgIpc) is 2.37. The van der Waals surface area contributed by atoms with Gasteiger partial charge in [-0.15, -0.1) is 0 Å². The van der Waals surface area contributed by atoms with E-state index in [1.807, 2.05) is 24.3 Å². The molecule has 0 unspecified atom stereocenters. The van der Waals surface area contributed by atoms with E-state index < -0.39 is 5.56 Å². The first-order valence-electron chi connectivity index (χ1n) is 4.95. The molecule has 0 spiro atoms. The molecule has 0 atom stereocenters. The van der Waals surface area contributed by atoms with Gasteiger partial charge in [-0.2, -0.15) is 10.2 Å². The van der Waals surface area contributed by atoms with Gasteiger partial charge in [0.05, 0.1) is 12.4 Å². The number of hydrogen-bond acceptors (Lipinski definition) is 4. The lowest BCUT2D eigenvalue weighted by atomic mass is 10.2. The van der Waals surface area contributed by atoms with Crippen molar-refractivity contribution in [1.29, 1.82) is 0 Å². The Morgan fingerprint density at radius 3 is 3.00 bits per heavy atom. The number of benzene rings is 1. The molecule has 0 fully saturated rings. The Bertz CT molecular complexity index is 641. The lowest BCUT2D eigenvalue weighted by Crippen LogP contribution is -2.10. The van der Waals surface area contributed by atoms with Crippen LogP contribution in [-0.2, 0) is 0 Å². The second kappa shape index (κ2) is 5.79. The molecule has 0 saturated carbocycles. The number of H-pyrrole nitrogens is 1. The highest BCUT2D eigenvalue weighted by Crippen LogP contribution is 2.15. The van der Waals surface area contributed by atoms with Gasteiger partial charge in [-0.3, -0.25) is 10.2 Å². The van der Waals surface area contributed by atoms with Crippen LogP contribution in [0.4, 0.5) is 5.69 Å². The summed E-state index contributed by atoms with van der Waals surface area (Å²) in [6.07, 6.45) is 3.00. The number of rotatable bonds is 3. The number of nitrogens with zero attached hydrogens (tertiary/aromatic N) is 2. The molecular weight excluding hydrogens is 320 g/mol. The number of halogens is 2. The Kier molecular flexibility index (Phi) is 4.11. The van der Waals surface area contributed by atoms with Crippen molar-refractivity contribution in [2.24, 2.45) is 5.10 Å². The van der Waals surface area contributed by atoms with E-state index >= 15 is 0 Å². The zero-order chi connectivity index (χ0) is 13.0. The summed E-state index contributed by atoms with van der Waals surface area (Å²) in [7, 11) is 0. The summed E-state index contributed by atoms with van der Waals surface area (Å²) in [6.45, 7) is 0. The summed E-state index contributed by atoms with van der Waals surface area (Å²) in [4.78, 5) is 11.2. The van der Waals surface area contributed by atoms with Crippen molar-refractivity contribution in [3.05, 3.63) is 55.9 Å². The summed E-state index contributed by atoms with van der Waals surface area (Å²) in [6, 6.07) is 7.61. The van der Waals surface area contributed by atoms with Crippen LogP contribution in [0.1, 0.15) is 5.56 Å². The Balaban J connectivity index is 2.15. The van der Waals surface area contributed by atoms with E-state index in [2.05, 4.69) is 36.7 Å². The van der Waals surface area contributed by atoms with Gasteiger partial charge in [-0.05, 0) is 6.07 Å². The minimum atomic E-state index is -0.460. The summed E-state index contributed by atoms with van der Waals surface area (Å²) in [5.41, 5.74) is 3.46. The van der Waals surface area contributed by atoms with Gasteiger partial charge in [0.2, 0.25) is 0 Å². The first-order valence-corrected chi connectivity index (χ1v) is 6.12. The molecule has 0 saturated heterocycles. The third-order valence-corrected chi connectivity index (χ3v) is 3.19. The van der Waals surface area contributed by atoms with Crippen molar-refractivity contribution in [2.75, 3.05) is 5.43 Å². The minimum absolute atomic E-state index is 0.0225. The standard InChI is InChI=1S/C11H8BrClN4O/c12-8-4-2-1-3-7(8)5-14-16-9-6-15-17-11(18)10(9)13/h1-6H,(H2,16,17,18)/b14-5+. The van der Waals surface area contributed by atoms with E-state index in [0.717, 1.165) is 10.0 Å². The first kappa shape index (κ1) is 12.8. The van der Waals surface area contributed by atoms with Gasteiger partial charge < -0.3 is 0 Å². The molecule has 0 radical (unpaired) electrons. The quantitative estimate of drug-likeness (QED) is 0.672. The number of hydrazone groups is 1. The van der Waals surface area contributed by atoms with Crippen molar-refractivity contribution in [3.8, 4) is 0 Å². The van der Waals surface area contributed by atoms with Gasteiger partial charge in [0.1, 0.15) is 10.7 Å². The topological polar surface area (TPSA) is 70.1 Å². The Labute approximate surface area is 116 Å². The van der Waals surface area contributed by atoms with E-state index in [4.69, 9.17) is 11.6 Å². The average molecular weight is 328 g/mol. The molecule has 2 N–H and O–H groups in total. The molecule has 1 aromatic carbocycles. The van der Waals surface area contributed by atoms with Crippen molar-refractivity contribution < 1.29 is 0 Å². The van der Waals surface area contributed by atoms with E-state index in [9.17, 15) is 4.79 Å². The van der Waals surface area contributed by atoms with Crippen LogP contribution in [-0.4, -0.2) is 16.4 Å². The predicted octanol–water partition coefficient (Wildman–Crippen LogP) is 2.63. The number of hydrogen-bond donors (Lipinski definition) is 2. The van der Waals surface area contributed by atoms with Gasteiger partial charge >= 0.3 is 0 Å². The highest BCUT2D eigenvalue weighted by Gasteiger charge is 2.02. The molecule has 0 aliphatic carbocycles. The van der Waals surface area contributed by atoms with E-state index in [0.29, 0.717) is 5.69 Å². The monoisotopic (exact) mass is 326 g/mol. The van der Waals surface area contributed by atoms with E-state index in [1.54, 1.807) is 6.21 Å². The van der Waals surface area contributed by atoms with Crippen LogP contribution in [0, 0.1) is 0 Å². The van der Waals surface area contributed by atoms with Crippen molar-refractivity contribution in [2.45, 2.75) is 0 Å². The van der Waals surface area contributed by atoms with Gasteiger partial charge in [0.15, 0.2) is 0 Å². The zero-order valence-corrected chi connectivity index (χ0v) is 11.4. The van der Waals surface area contributed by atoms with Crippen LogP contribution in [0.25, 0.3) is 0 Å². The van der Waals surface area contributed by atoms with Gasteiger partial charge in [-0.25, -0.2) is 5.10 Å². The second-order valence-electron chi connectivity index (χ2n) is 3.32. The summed E-state index contributed by atoms with van der Waals surface area (Å²) in [5.74, 6) is 0. The van der Waals surface area contributed by atoms with Crippen LogP contribution in [0.2, 0.25) is 5.02 Å². The van der Waals surface area contributed by atoms with E-state index in [-0.39, 0.29) is 5.02 Å². The molecule has 18 heavy (non-hydrogen) atoms. The Morgan fingerprint density at radius 2 is 2.22 bits per heavy atom. The predicted molar refractivity (Wildman–Crippen MR) is 75.2 cm³/mol. The maximum Gasteiger partial charge on any atom is 0.285 e. The number of anilines is 1. The second-order valence-corrected chi connectivity index (χ2v) is 4.55. The van der Waals surface area contributed by atoms with Gasteiger partial charge in [0.25, 0.3) is 5.56 Å². The highest BCUT2D eigenvalue weighted by atomic mass is 79.9. The molecule has 5 nitrogen and oxygen atoms in total. The fourth-order valence-corrected chi connectivity index (χ4v) is 1.73. The van der Waals surface area contributed by atoms with Crippen molar-refractivity contribution in [1.82, 2.24) is 10.2 Å². The maximum atomic E-state index is 11.2. The van der Waals surface area contributed by atoms with Crippen molar-refractivity contribution in [3.63, 3.8) is 0 Å². The SMILES string of the molecule is O=c1[nH]ncc(N/N=C/c2ccccc2Br)c1Cl. The van der Waals surface area contributed by atoms with Crippen LogP contribution < -0.4 is 11.0 Å². The number of nitrogens with one attached hydrogen (secondary N) is 2. The smallest absolute Gasteiger partial charge is 0.275 e. The Hall–Kier alpha value is -1.66.